The number of rotatable bonds is 2. The zero-order valence-electron chi connectivity index (χ0n) is 10.1. The highest BCUT2D eigenvalue weighted by Gasteiger charge is 2.30. The first-order valence-electron chi connectivity index (χ1n) is 6.03. The molecular formula is C12H21NO2S. The van der Waals surface area contributed by atoms with Crippen molar-refractivity contribution in [1.82, 2.24) is 5.32 Å². The van der Waals surface area contributed by atoms with Gasteiger partial charge in [-0.05, 0) is 24.7 Å². The lowest BCUT2D eigenvalue weighted by molar-refractivity contribution is 0.195. The van der Waals surface area contributed by atoms with Crippen molar-refractivity contribution >= 4 is 9.84 Å². The Morgan fingerprint density at radius 2 is 2.12 bits per heavy atom. The van der Waals surface area contributed by atoms with Gasteiger partial charge in [-0.2, -0.15) is 0 Å². The maximum Gasteiger partial charge on any atom is 0.173 e. The van der Waals surface area contributed by atoms with Gasteiger partial charge in [-0.25, -0.2) is 8.42 Å². The average Bonchev–Trinajstić information content (AvgIpc) is 2.43. The normalized spacial score (nSPS) is 36.4. The third-order valence-electron chi connectivity index (χ3n) is 3.58. The minimum Gasteiger partial charge on any atom is -0.307 e. The first-order chi connectivity index (χ1) is 7.36. The summed E-state index contributed by atoms with van der Waals surface area (Å²) >= 11 is 0. The molecule has 2 atom stereocenters. The van der Waals surface area contributed by atoms with E-state index >= 15 is 0 Å². The number of nitrogens with one attached hydrogen (secondary N) is 1. The Balaban J connectivity index is 1.89. The van der Waals surface area contributed by atoms with Crippen LogP contribution in [-0.2, 0) is 9.84 Å². The van der Waals surface area contributed by atoms with E-state index in [2.05, 4.69) is 19.2 Å². The summed E-state index contributed by atoms with van der Waals surface area (Å²) < 4.78 is 22.6. The molecule has 1 N–H and O–H groups in total. The monoisotopic (exact) mass is 243 g/mol. The lowest BCUT2D eigenvalue weighted by Gasteiger charge is -2.36. The highest BCUT2D eigenvalue weighted by molar-refractivity contribution is 7.94. The molecule has 1 saturated carbocycles. The fraction of sp³-hybridized carbons (Fsp3) is 0.833. The van der Waals surface area contributed by atoms with E-state index in [0.29, 0.717) is 11.5 Å². The summed E-state index contributed by atoms with van der Waals surface area (Å²) in [4.78, 5) is 0. The number of hydrogen-bond donors (Lipinski definition) is 1. The summed E-state index contributed by atoms with van der Waals surface area (Å²) in [6.07, 6.45) is 6.64. The molecule has 0 amide bonds. The van der Waals surface area contributed by atoms with Crippen LogP contribution < -0.4 is 5.32 Å². The van der Waals surface area contributed by atoms with Crippen molar-refractivity contribution in [1.29, 1.82) is 0 Å². The van der Waals surface area contributed by atoms with E-state index < -0.39 is 9.84 Å². The quantitative estimate of drug-likeness (QED) is 0.805. The molecule has 0 bridgehead atoms. The molecule has 1 aliphatic heterocycles. The van der Waals surface area contributed by atoms with Crippen molar-refractivity contribution in [2.75, 3.05) is 5.75 Å². The maximum absolute atomic E-state index is 11.3. The maximum atomic E-state index is 11.3. The third-order valence-corrected chi connectivity index (χ3v) is 4.98. The Kier molecular flexibility index (Phi) is 3.14. The van der Waals surface area contributed by atoms with Crippen LogP contribution in [0.4, 0.5) is 0 Å². The molecule has 0 aromatic carbocycles. The lowest BCUT2D eigenvalue weighted by Crippen LogP contribution is -2.43. The molecule has 0 saturated heterocycles. The second-order valence-electron chi connectivity index (χ2n) is 5.89. The number of hydrogen-bond acceptors (Lipinski definition) is 3. The molecule has 0 radical (unpaired) electrons. The molecule has 1 heterocycles. The smallest absolute Gasteiger partial charge is 0.173 e. The predicted molar refractivity (Wildman–Crippen MR) is 65.9 cm³/mol. The van der Waals surface area contributed by atoms with Crippen LogP contribution in [0.1, 0.15) is 39.5 Å². The van der Waals surface area contributed by atoms with Gasteiger partial charge in [-0.15, -0.1) is 0 Å². The summed E-state index contributed by atoms with van der Waals surface area (Å²) in [5.74, 6) is 0.240. The first-order valence-corrected chi connectivity index (χ1v) is 7.75. The topological polar surface area (TPSA) is 46.2 Å². The second-order valence-corrected chi connectivity index (χ2v) is 7.82. The molecular weight excluding hydrogens is 222 g/mol. The summed E-state index contributed by atoms with van der Waals surface area (Å²) in [5, 5.41) is 4.81. The van der Waals surface area contributed by atoms with E-state index in [-0.39, 0.29) is 11.8 Å². The van der Waals surface area contributed by atoms with Crippen LogP contribution in [0.25, 0.3) is 0 Å². The molecule has 0 spiro atoms. The molecule has 1 aliphatic carbocycles. The van der Waals surface area contributed by atoms with Crippen molar-refractivity contribution in [3.8, 4) is 0 Å². The molecule has 2 unspecified atom stereocenters. The molecule has 4 heteroatoms. The Bertz CT molecular complexity index is 384. The van der Waals surface area contributed by atoms with Gasteiger partial charge in [0.1, 0.15) is 0 Å². The molecule has 16 heavy (non-hydrogen) atoms. The molecule has 92 valence electrons. The van der Waals surface area contributed by atoms with Crippen LogP contribution >= 0.6 is 0 Å². The lowest BCUT2D eigenvalue weighted by atomic mass is 9.75. The van der Waals surface area contributed by atoms with Crippen molar-refractivity contribution in [2.24, 2.45) is 5.41 Å². The van der Waals surface area contributed by atoms with Gasteiger partial charge in [0.15, 0.2) is 9.84 Å². The Labute approximate surface area is 98.2 Å². The molecule has 2 aliphatic rings. The van der Waals surface area contributed by atoms with Gasteiger partial charge in [-0.3, -0.25) is 0 Å². The van der Waals surface area contributed by atoms with E-state index in [0.717, 1.165) is 6.42 Å². The second kappa shape index (κ2) is 4.15. The summed E-state index contributed by atoms with van der Waals surface area (Å²) in [7, 11) is -2.92. The largest absolute Gasteiger partial charge is 0.307 e. The number of sulfone groups is 1. The van der Waals surface area contributed by atoms with Gasteiger partial charge in [0, 0.05) is 17.5 Å². The fourth-order valence-corrected chi connectivity index (χ4v) is 4.07. The molecule has 2 rings (SSSR count). The van der Waals surface area contributed by atoms with Crippen molar-refractivity contribution in [3.63, 3.8) is 0 Å². The SMILES string of the molecule is CC1(C)CCCC(NC2C=CS(=O)(=O)C2)C1. The van der Waals surface area contributed by atoms with E-state index in [1.807, 2.05) is 0 Å². The summed E-state index contributed by atoms with van der Waals surface area (Å²) in [6, 6.07) is 0.510. The van der Waals surface area contributed by atoms with E-state index in [9.17, 15) is 8.42 Å². The van der Waals surface area contributed by atoms with Crippen LogP contribution in [-0.4, -0.2) is 26.3 Å². The van der Waals surface area contributed by atoms with Gasteiger partial charge in [0.05, 0.1) is 5.75 Å². The average molecular weight is 243 g/mol. The van der Waals surface area contributed by atoms with Gasteiger partial charge < -0.3 is 5.32 Å². The van der Waals surface area contributed by atoms with Crippen molar-refractivity contribution in [3.05, 3.63) is 11.5 Å². The van der Waals surface area contributed by atoms with Crippen LogP contribution in [0.5, 0.6) is 0 Å². The van der Waals surface area contributed by atoms with E-state index in [4.69, 9.17) is 0 Å². The third kappa shape index (κ3) is 3.08. The van der Waals surface area contributed by atoms with Crippen LogP contribution in [0.3, 0.4) is 0 Å². The Hall–Kier alpha value is -0.350. The molecule has 0 aromatic heterocycles. The first kappa shape index (κ1) is 12.1. The summed E-state index contributed by atoms with van der Waals surface area (Å²) in [5.41, 5.74) is 0.400. The van der Waals surface area contributed by atoms with Crippen molar-refractivity contribution < 1.29 is 8.42 Å². The minimum absolute atomic E-state index is 0.0314. The fourth-order valence-electron chi connectivity index (χ4n) is 2.82. The van der Waals surface area contributed by atoms with Crippen LogP contribution in [0.15, 0.2) is 11.5 Å². The highest BCUT2D eigenvalue weighted by atomic mass is 32.2. The van der Waals surface area contributed by atoms with E-state index in [1.165, 1.54) is 24.7 Å². The Morgan fingerprint density at radius 1 is 1.38 bits per heavy atom. The van der Waals surface area contributed by atoms with Gasteiger partial charge >= 0.3 is 0 Å². The summed E-state index contributed by atoms with van der Waals surface area (Å²) in [6.45, 7) is 4.59. The minimum atomic E-state index is -2.92. The van der Waals surface area contributed by atoms with E-state index in [1.54, 1.807) is 6.08 Å². The van der Waals surface area contributed by atoms with Crippen LogP contribution in [0, 0.1) is 5.41 Å². The zero-order valence-corrected chi connectivity index (χ0v) is 10.9. The van der Waals surface area contributed by atoms with Crippen LogP contribution in [0.2, 0.25) is 0 Å². The molecule has 3 nitrogen and oxygen atoms in total. The van der Waals surface area contributed by atoms with Gasteiger partial charge in [0.2, 0.25) is 0 Å². The standard InChI is InChI=1S/C12H21NO2S/c1-12(2)6-3-4-10(8-12)13-11-5-7-16(14,15)9-11/h5,7,10-11,13H,3-4,6,8-9H2,1-2H3. The van der Waals surface area contributed by atoms with Gasteiger partial charge in [0.25, 0.3) is 0 Å². The Morgan fingerprint density at radius 3 is 2.69 bits per heavy atom. The molecule has 0 aromatic rings. The van der Waals surface area contributed by atoms with Crippen molar-refractivity contribution in [2.45, 2.75) is 51.6 Å². The highest BCUT2D eigenvalue weighted by Crippen LogP contribution is 2.35. The predicted octanol–water partition coefficient (Wildman–Crippen LogP) is 1.86. The van der Waals surface area contributed by atoms with Gasteiger partial charge in [-0.1, -0.05) is 26.3 Å². The molecule has 1 fully saturated rings. The zero-order chi connectivity index (χ0) is 11.8.